The molecule has 29 heavy (non-hydrogen) atoms. The van der Waals surface area contributed by atoms with Crippen molar-refractivity contribution < 1.29 is 49.6 Å². The molecule has 3 aliphatic rings. The molecule has 0 bridgehead atoms. The second-order valence-electron chi connectivity index (χ2n) is 7.27. The molecule has 3 rings (SSSR count). The number of hydrogen-bond donors (Lipinski definition) is 7. The van der Waals surface area contributed by atoms with Gasteiger partial charge in [0.1, 0.15) is 36.3 Å². The lowest BCUT2D eigenvalue weighted by Gasteiger charge is -2.50. The minimum Gasteiger partial charge on any atom is -0.462 e. The molecule has 0 saturated carbocycles. The second-order valence-corrected chi connectivity index (χ2v) is 8.29. The smallest absolute Gasteiger partial charge is 0.222 e. The molecule has 0 aromatic heterocycles. The Bertz CT molecular complexity index is 595. The first-order chi connectivity index (χ1) is 13.9. The van der Waals surface area contributed by atoms with E-state index in [0.29, 0.717) is 24.5 Å². The summed E-state index contributed by atoms with van der Waals surface area (Å²) in [6.45, 7) is -0.417. The van der Waals surface area contributed by atoms with Gasteiger partial charge in [0.15, 0.2) is 6.29 Å². The lowest BCUT2D eigenvalue weighted by Crippen LogP contribution is -2.62. The summed E-state index contributed by atoms with van der Waals surface area (Å²) < 4.78 is 23.1. The van der Waals surface area contributed by atoms with Crippen LogP contribution in [0, 0.1) is 0 Å². The molecule has 0 aromatic carbocycles. The van der Waals surface area contributed by atoms with Gasteiger partial charge in [0.05, 0.1) is 36.6 Å². The maximum absolute atomic E-state index is 10.6. The van der Waals surface area contributed by atoms with E-state index in [2.05, 4.69) is 0 Å². The average Bonchev–Trinajstić information content (AvgIpc) is 2.72. The first-order valence-electron chi connectivity index (χ1n) is 9.50. The van der Waals surface area contributed by atoms with Crippen LogP contribution in [0.5, 0.6) is 0 Å². The number of nitrogens with two attached hydrogens (primary N) is 1. The van der Waals surface area contributed by atoms with Gasteiger partial charge in [0.2, 0.25) is 5.79 Å². The Morgan fingerprint density at radius 1 is 1.28 bits per heavy atom. The lowest BCUT2D eigenvalue weighted by atomic mass is 9.93. The van der Waals surface area contributed by atoms with E-state index in [-0.39, 0.29) is 17.9 Å². The Kier molecular flexibility index (Phi) is 7.78. The SMILES string of the molecule is NCCCOC1OC(CO)C(O)C2=C1SC[C@]1(CC(O)C(O)[C@H]([C@H](O)CO)O1)O2. The molecule has 3 heterocycles. The Hall–Kier alpha value is -0.510. The topological polar surface area (TPSA) is 184 Å². The molecule has 0 radical (unpaired) electrons. The first kappa shape index (κ1) is 23.2. The molecular weight excluding hydrogens is 410 g/mol. The number of thioether (sulfide) groups is 1. The van der Waals surface area contributed by atoms with Crippen molar-refractivity contribution in [2.75, 3.05) is 32.1 Å². The number of rotatable bonds is 7. The third kappa shape index (κ3) is 4.72. The highest BCUT2D eigenvalue weighted by Crippen LogP contribution is 2.47. The van der Waals surface area contributed by atoms with E-state index in [1.54, 1.807) is 0 Å². The van der Waals surface area contributed by atoms with E-state index in [0.717, 1.165) is 0 Å². The van der Waals surface area contributed by atoms with Crippen LogP contribution in [0.15, 0.2) is 10.7 Å². The summed E-state index contributed by atoms with van der Waals surface area (Å²) in [5.41, 5.74) is 5.48. The van der Waals surface area contributed by atoms with Crippen molar-refractivity contribution in [1.29, 1.82) is 0 Å². The Labute approximate surface area is 172 Å². The fourth-order valence-corrected chi connectivity index (χ4v) is 4.70. The van der Waals surface area contributed by atoms with Crippen molar-refractivity contribution >= 4 is 11.8 Å². The monoisotopic (exact) mass is 439 g/mol. The predicted octanol–water partition coefficient (Wildman–Crippen LogP) is -3.03. The van der Waals surface area contributed by atoms with Crippen LogP contribution in [0.2, 0.25) is 0 Å². The maximum Gasteiger partial charge on any atom is 0.222 e. The Morgan fingerprint density at radius 2 is 2.03 bits per heavy atom. The van der Waals surface area contributed by atoms with Crippen molar-refractivity contribution in [1.82, 2.24) is 0 Å². The standard InChI is InChI=1S/C17H29NO10S/c18-2-1-3-25-16-15-14(12(24)10(6-20)26-16)28-17(7-29-15)4-8(21)11(23)13(27-17)9(22)5-19/h8-13,16,19-24H,1-7,18H2/t8?,9-,10?,11?,12?,13+,16?,17+/m1/s1. The largest absolute Gasteiger partial charge is 0.462 e. The van der Waals surface area contributed by atoms with Crippen LogP contribution in [0.4, 0.5) is 0 Å². The third-order valence-corrected chi connectivity index (χ3v) is 6.37. The molecule has 168 valence electrons. The maximum atomic E-state index is 10.6. The van der Waals surface area contributed by atoms with Crippen molar-refractivity contribution in [3.63, 3.8) is 0 Å². The van der Waals surface area contributed by atoms with Gasteiger partial charge in [-0.05, 0) is 13.0 Å². The van der Waals surface area contributed by atoms with E-state index < -0.39 is 61.9 Å². The lowest BCUT2D eigenvalue weighted by molar-refractivity contribution is -0.320. The minimum absolute atomic E-state index is 0.0881. The summed E-state index contributed by atoms with van der Waals surface area (Å²) >= 11 is 1.23. The molecule has 12 heteroatoms. The number of aliphatic hydroxyl groups is 6. The zero-order chi connectivity index (χ0) is 21.2. The summed E-state index contributed by atoms with van der Waals surface area (Å²) in [6.07, 6.45) is -8.10. The Morgan fingerprint density at radius 3 is 2.69 bits per heavy atom. The number of aliphatic hydroxyl groups excluding tert-OH is 6. The molecule has 0 aliphatic carbocycles. The van der Waals surface area contributed by atoms with Crippen molar-refractivity contribution in [2.45, 2.75) is 61.5 Å². The molecule has 3 aliphatic heterocycles. The molecule has 8 N–H and O–H groups in total. The molecular formula is C17H29NO10S. The zero-order valence-corrected chi connectivity index (χ0v) is 16.6. The highest BCUT2D eigenvalue weighted by Gasteiger charge is 2.54. The summed E-state index contributed by atoms with van der Waals surface area (Å²) in [4.78, 5) is 0.480. The molecule has 11 nitrogen and oxygen atoms in total. The summed E-state index contributed by atoms with van der Waals surface area (Å²) in [5, 5.41) is 59.7. The highest BCUT2D eigenvalue weighted by molar-refractivity contribution is 8.03. The van der Waals surface area contributed by atoms with Crippen LogP contribution < -0.4 is 5.73 Å². The molecule has 5 unspecified atom stereocenters. The zero-order valence-electron chi connectivity index (χ0n) is 15.8. The highest BCUT2D eigenvalue weighted by atomic mass is 32.2. The molecule has 0 amide bonds. The molecule has 1 fully saturated rings. The van der Waals surface area contributed by atoms with Gasteiger partial charge in [-0.2, -0.15) is 0 Å². The number of hydrogen-bond acceptors (Lipinski definition) is 12. The van der Waals surface area contributed by atoms with E-state index in [1.807, 2.05) is 0 Å². The summed E-state index contributed by atoms with van der Waals surface area (Å²) in [5.74, 6) is -1.21. The van der Waals surface area contributed by atoms with Gasteiger partial charge in [-0.25, -0.2) is 0 Å². The van der Waals surface area contributed by atoms with Crippen LogP contribution in [-0.4, -0.2) is 111 Å². The summed E-state index contributed by atoms with van der Waals surface area (Å²) in [7, 11) is 0. The number of ether oxygens (including phenoxy) is 4. The quantitative estimate of drug-likeness (QED) is 0.199. The van der Waals surface area contributed by atoms with Crippen LogP contribution in [0.1, 0.15) is 12.8 Å². The van der Waals surface area contributed by atoms with E-state index in [9.17, 15) is 30.6 Å². The van der Waals surface area contributed by atoms with E-state index in [4.69, 9.17) is 24.7 Å². The van der Waals surface area contributed by atoms with E-state index >= 15 is 0 Å². The van der Waals surface area contributed by atoms with Crippen molar-refractivity contribution in [3.8, 4) is 0 Å². The van der Waals surface area contributed by atoms with Gasteiger partial charge in [-0.1, -0.05) is 0 Å². The van der Waals surface area contributed by atoms with Gasteiger partial charge in [0, 0.05) is 6.42 Å². The Balaban J connectivity index is 1.84. The van der Waals surface area contributed by atoms with Crippen LogP contribution in [0.25, 0.3) is 0 Å². The molecule has 0 aromatic rings. The third-order valence-electron chi connectivity index (χ3n) is 5.09. The van der Waals surface area contributed by atoms with Gasteiger partial charge in [-0.15, -0.1) is 11.8 Å². The van der Waals surface area contributed by atoms with Crippen LogP contribution >= 0.6 is 11.8 Å². The fourth-order valence-electron chi connectivity index (χ4n) is 3.52. The average molecular weight is 439 g/mol. The van der Waals surface area contributed by atoms with Gasteiger partial charge >= 0.3 is 0 Å². The summed E-state index contributed by atoms with van der Waals surface area (Å²) in [6, 6.07) is 0. The fraction of sp³-hybridized carbons (Fsp3) is 0.882. The van der Waals surface area contributed by atoms with Gasteiger partial charge in [-0.3, -0.25) is 0 Å². The van der Waals surface area contributed by atoms with Crippen LogP contribution in [-0.2, 0) is 18.9 Å². The molecule has 1 spiro atoms. The van der Waals surface area contributed by atoms with Crippen molar-refractivity contribution in [2.24, 2.45) is 5.73 Å². The van der Waals surface area contributed by atoms with E-state index in [1.165, 1.54) is 11.8 Å². The van der Waals surface area contributed by atoms with Gasteiger partial charge < -0.3 is 55.3 Å². The molecule has 8 atom stereocenters. The normalized spacial score (nSPS) is 41.2. The first-order valence-corrected chi connectivity index (χ1v) is 10.5. The predicted molar refractivity (Wildman–Crippen MR) is 99.3 cm³/mol. The molecule has 1 saturated heterocycles. The minimum atomic E-state index is -1.46. The van der Waals surface area contributed by atoms with Crippen LogP contribution in [0.3, 0.4) is 0 Å². The van der Waals surface area contributed by atoms with Crippen molar-refractivity contribution in [3.05, 3.63) is 10.7 Å². The van der Waals surface area contributed by atoms with Gasteiger partial charge in [0.25, 0.3) is 0 Å². The second kappa shape index (κ2) is 9.75.